The summed E-state index contributed by atoms with van der Waals surface area (Å²) in [5.41, 5.74) is -0.563. The first-order chi connectivity index (χ1) is 8.79. The summed E-state index contributed by atoms with van der Waals surface area (Å²) in [6.07, 6.45) is 0. The minimum Gasteiger partial charge on any atom is -0.468 e. The molecule has 0 heterocycles. The number of sulfonamides is 1. The first-order valence-corrected chi connectivity index (χ1v) is 6.61. The van der Waals surface area contributed by atoms with Crippen LogP contribution in [0.2, 0.25) is 0 Å². The highest BCUT2D eigenvalue weighted by molar-refractivity contribution is 7.89. The maximum Gasteiger partial charge on any atom is 0.323 e. The van der Waals surface area contributed by atoms with Crippen molar-refractivity contribution in [2.75, 3.05) is 7.11 Å². The van der Waals surface area contributed by atoms with Crippen LogP contribution in [-0.2, 0) is 19.6 Å². The van der Waals surface area contributed by atoms with E-state index in [1.165, 1.54) is 19.1 Å². The Morgan fingerprint density at radius 3 is 2.53 bits per heavy atom. The van der Waals surface area contributed by atoms with Crippen molar-refractivity contribution in [1.82, 2.24) is 4.72 Å². The van der Waals surface area contributed by atoms with E-state index in [4.69, 9.17) is 0 Å². The lowest BCUT2D eigenvalue weighted by atomic mass is 10.3. The third-order valence-electron chi connectivity index (χ3n) is 2.24. The predicted molar refractivity (Wildman–Crippen MR) is 64.9 cm³/mol. The number of para-hydroxylation sites is 1. The van der Waals surface area contributed by atoms with Crippen LogP contribution in [-0.4, -0.2) is 32.5 Å². The third-order valence-corrected chi connectivity index (χ3v) is 3.83. The maximum atomic E-state index is 12.0. The Labute approximate surface area is 109 Å². The number of nitro groups is 1. The van der Waals surface area contributed by atoms with Gasteiger partial charge < -0.3 is 4.74 Å². The molecule has 19 heavy (non-hydrogen) atoms. The minimum atomic E-state index is -4.18. The minimum absolute atomic E-state index is 0.504. The van der Waals surface area contributed by atoms with Crippen LogP contribution in [0.1, 0.15) is 6.92 Å². The second-order valence-corrected chi connectivity index (χ2v) is 5.27. The second kappa shape index (κ2) is 5.76. The van der Waals surface area contributed by atoms with E-state index >= 15 is 0 Å². The van der Waals surface area contributed by atoms with Gasteiger partial charge in [-0.25, -0.2) is 8.42 Å². The van der Waals surface area contributed by atoms with Crippen LogP contribution in [0.3, 0.4) is 0 Å². The normalized spacial score (nSPS) is 12.7. The molecular weight excluding hydrogens is 276 g/mol. The lowest BCUT2D eigenvalue weighted by Crippen LogP contribution is -2.39. The lowest BCUT2D eigenvalue weighted by molar-refractivity contribution is -0.387. The molecule has 1 aromatic carbocycles. The summed E-state index contributed by atoms with van der Waals surface area (Å²) >= 11 is 0. The summed E-state index contributed by atoms with van der Waals surface area (Å²) < 4.78 is 30.3. The van der Waals surface area contributed by atoms with Gasteiger partial charge in [-0.05, 0) is 13.0 Å². The molecule has 0 aliphatic heterocycles. The van der Waals surface area contributed by atoms with Crippen molar-refractivity contribution < 1.29 is 22.9 Å². The molecule has 0 fully saturated rings. The Morgan fingerprint density at radius 1 is 1.42 bits per heavy atom. The molecule has 1 N–H and O–H groups in total. The van der Waals surface area contributed by atoms with E-state index in [1.807, 2.05) is 4.72 Å². The second-order valence-electron chi connectivity index (χ2n) is 3.59. The summed E-state index contributed by atoms with van der Waals surface area (Å²) in [6, 6.07) is 3.71. The van der Waals surface area contributed by atoms with Crippen molar-refractivity contribution in [3.8, 4) is 0 Å². The lowest BCUT2D eigenvalue weighted by Gasteiger charge is -2.12. The van der Waals surface area contributed by atoms with Crippen molar-refractivity contribution in [3.05, 3.63) is 34.4 Å². The molecule has 8 nitrogen and oxygen atoms in total. The standard InChI is InChI=1S/C10H12N2O6S/c1-7(10(13)18-2)11-19(16,17)9-6-4-3-5-8(9)12(14)15/h3-7,11H,1-2H3. The van der Waals surface area contributed by atoms with Crippen LogP contribution in [0.5, 0.6) is 0 Å². The van der Waals surface area contributed by atoms with E-state index in [0.717, 1.165) is 19.2 Å². The van der Waals surface area contributed by atoms with Gasteiger partial charge in [-0.1, -0.05) is 12.1 Å². The van der Waals surface area contributed by atoms with Gasteiger partial charge in [0.25, 0.3) is 5.69 Å². The van der Waals surface area contributed by atoms with E-state index in [2.05, 4.69) is 4.74 Å². The van der Waals surface area contributed by atoms with Crippen LogP contribution in [0.15, 0.2) is 29.2 Å². The molecule has 9 heteroatoms. The van der Waals surface area contributed by atoms with E-state index in [0.29, 0.717) is 0 Å². The topological polar surface area (TPSA) is 116 Å². The van der Waals surface area contributed by atoms with Gasteiger partial charge in [-0.3, -0.25) is 14.9 Å². The van der Waals surface area contributed by atoms with Gasteiger partial charge in [0.2, 0.25) is 10.0 Å². The zero-order valence-corrected chi connectivity index (χ0v) is 11.0. The number of methoxy groups -OCH3 is 1. The first-order valence-electron chi connectivity index (χ1n) is 5.13. The quantitative estimate of drug-likeness (QED) is 0.477. The Bertz CT molecular complexity index is 598. The number of carbonyl (C=O) groups excluding carboxylic acids is 1. The van der Waals surface area contributed by atoms with Gasteiger partial charge >= 0.3 is 5.97 Å². The highest BCUT2D eigenvalue weighted by Gasteiger charge is 2.28. The highest BCUT2D eigenvalue weighted by atomic mass is 32.2. The van der Waals surface area contributed by atoms with E-state index in [9.17, 15) is 23.3 Å². The molecule has 0 amide bonds. The summed E-state index contributed by atoms with van der Waals surface area (Å²) in [7, 11) is -3.07. The zero-order chi connectivity index (χ0) is 14.6. The molecule has 0 spiro atoms. The number of hydrogen-bond acceptors (Lipinski definition) is 6. The fourth-order valence-corrected chi connectivity index (χ4v) is 2.72. The smallest absolute Gasteiger partial charge is 0.323 e. The molecule has 104 valence electrons. The summed E-state index contributed by atoms with van der Waals surface area (Å²) in [4.78, 5) is 20.6. The number of carbonyl (C=O) groups is 1. The van der Waals surface area contributed by atoms with Gasteiger partial charge in [0.05, 0.1) is 12.0 Å². The van der Waals surface area contributed by atoms with E-state index < -0.39 is 37.5 Å². The Morgan fingerprint density at radius 2 is 2.00 bits per heavy atom. The average molecular weight is 288 g/mol. The average Bonchev–Trinajstić information content (AvgIpc) is 2.37. The molecule has 0 bridgehead atoms. The van der Waals surface area contributed by atoms with Crippen LogP contribution in [0.4, 0.5) is 5.69 Å². The molecule has 0 saturated carbocycles. The Balaban J connectivity index is 3.15. The number of nitrogens with one attached hydrogen (secondary N) is 1. The van der Waals surface area contributed by atoms with Crippen molar-refractivity contribution in [3.63, 3.8) is 0 Å². The first kappa shape index (κ1) is 15.1. The zero-order valence-electron chi connectivity index (χ0n) is 10.2. The molecule has 1 atom stereocenters. The van der Waals surface area contributed by atoms with E-state index in [1.54, 1.807) is 0 Å². The number of rotatable bonds is 5. The number of hydrogen-bond donors (Lipinski definition) is 1. The maximum absolute atomic E-state index is 12.0. The Kier molecular flexibility index (Phi) is 4.57. The van der Waals surface area contributed by atoms with Crippen molar-refractivity contribution in [2.45, 2.75) is 17.9 Å². The van der Waals surface area contributed by atoms with Crippen molar-refractivity contribution in [1.29, 1.82) is 0 Å². The Hall–Kier alpha value is -2.00. The van der Waals surface area contributed by atoms with Gasteiger partial charge in [0.1, 0.15) is 6.04 Å². The number of nitrogens with zero attached hydrogens (tertiary/aromatic N) is 1. The van der Waals surface area contributed by atoms with Crippen molar-refractivity contribution >= 4 is 21.7 Å². The summed E-state index contributed by atoms with van der Waals surface area (Å²) in [5, 5.41) is 10.8. The SMILES string of the molecule is COC(=O)C(C)NS(=O)(=O)c1ccccc1[N+](=O)[O-]. The predicted octanol–water partition coefficient (Wildman–Crippen LogP) is 0.435. The van der Waals surface area contributed by atoms with Crippen LogP contribution in [0.25, 0.3) is 0 Å². The number of nitro benzene ring substituents is 1. The molecule has 0 aliphatic carbocycles. The summed E-state index contributed by atoms with van der Waals surface area (Å²) in [5.74, 6) is -0.790. The highest BCUT2D eigenvalue weighted by Crippen LogP contribution is 2.22. The number of esters is 1. The number of benzene rings is 1. The molecule has 1 aromatic rings. The molecule has 1 unspecified atom stereocenters. The molecular formula is C10H12N2O6S. The van der Waals surface area contributed by atoms with Crippen molar-refractivity contribution in [2.24, 2.45) is 0 Å². The molecule has 0 aliphatic rings. The molecule has 0 aromatic heterocycles. The molecule has 1 rings (SSSR count). The van der Waals surface area contributed by atoms with Crippen LogP contribution >= 0.6 is 0 Å². The van der Waals surface area contributed by atoms with Gasteiger partial charge in [-0.15, -0.1) is 0 Å². The van der Waals surface area contributed by atoms with Gasteiger partial charge in [0, 0.05) is 6.07 Å². The third kappa shape index (κ3) is 3.48. The van der Waals surface area contributed by atoms with Crippen LogP contribution in [0, 0.1) is 10.1 Å². The summed E-state index contributed by atoms with van der Waals surface area (Å²) in [6.45, 7) is 1.28. The largest absolute Gasteiger partial charge is 0.468 e. The van der Waals surface area contributed by atoms with Gasteiger partial charge in [-0.2, -0.15) is 4.72 Å². The van der Waals surface area contributed by atoms with Crippen LogP contribution < -0.4 is 4.72 Å². The fraction of sp³-hybridized carbons (Fsp3) is 0.300. The number of ether oxygens (including phenoxy) is 1. The molecule has 0 radical (unpaired) electrons. The monoisotopic (exact) mass is 288 g/mol. The fourth-order valence-electron chi connectivity index (χ4n) is 1.36. The van der Waals surface area contributed by atoms with E-state index in [-0.39, 0.29) is 0 Å². The van der Waals surface area contributed by atoms with Gasteiger partial charge in [0.15, 0.2) is 4.90 Å². The molecule has 0 saturated heterocycles.